The van der Waals surface area contributed by atoms with Crippen LogP contribution in [0.3, 0.4) is 0 Å². The van der Waals surface area contributed by atoms with Crippen LogP contribution in [-0.2, 0) is 14.6 Å². The van der Waals surface area contributed by atoms with Gasteiger partial charge < -0.3 is 5.32 Å². The van der Waals surface area contributed by atoms with Gasteiger partial charge in [0.25, 0.3) is 0 Å². The summed E-state index contributed by atoms with van der Waals surface area (Å²) in [7, 11) is -2.96. The van der Waals surface area contributed by atoms with Gasteiger partial charge in [-0.15, -0.1) is 0 Å². The molecule has 2 heterocycles. The molecule has 27 heavy (non-hydrogen) atoms. The van der Waals surface area contributed by atoms with Gasteiger partial charge in [-0.2, -0.15) is 5.10 Å². The molecule has 0 aromatic heterocycles. The molecule has 1 aromatic carbocycles. The van der Waals surface area contributed by atoms with Crippen LogP contribution in [0.5, 0.6) is 0 Å². The van der Waals surface area contributed by atoms with Crippen LogP contribution in [0.25, 0.3) is 0 Å². The number of hydrogen-bond donors (Lipinski definition) is 2. The van der Waals surface area contributed by atoms with Gasteiger partial charge >= 0.3 is 0 Å². The van der Waals surface area contributed by atoms with Crippen LogP contribution in [0.4, 0.5) is 5.69 Å². The smallest absolute Gasteiger partial charge is 0.240 e. The highest BCUT2D eigenvalue weighted by Gasteiger charge is 2.29. The van der Waals surface area contributed by atoms with Crippen molar-refractivity contribution in [2.75, 3.05) is 29.1 Å². The number of nitrogens with zero attached hydrogens (tertiary/aromatic N) is 2. The molecule has 1 fully saturated rings. The Hall–Kier alpha value is -1.87. The molecule has 0 bridgehead atoms. The van der Waals surface area contributed by atoms with E-state index in [1.54, 1.807) is 11.8 Å². The minimum Gasteiger partial charge on any atom is -0.335 e. The van der Waals surface area contributed by atoms with Gasteiger partial charge in [0.05, 0.1) is 17.2 Å². The lowest BCUT2D eigenvalue weighted by molar-refractivity contribution is -0.121. The number of aliphatic imine (C=N–C) groups is 1. The van der Waals surface area contributed by atoms with Gasteiger partial charge in [0.2, 0.25) is 5.91 Å². The van der Waals surface area contributed by atoms with E-state index in [2.05, 4.69) is 20.8 Å². The van der Waals surface area contributed by atoms with Crippen LogP contribution in [-0.4, -0.2) is 49.0 Å². The highest BCUT2D eigenvalue weighted by atomic mass is 32.2. The van der Waals surface area contributed by atoms with Crippen molar-refractivity contribution >= 4 is 44.1 Å². The molecule has 1 aromatic rings. The summed E-state index contributed by atoms with van der Waals surface area (Å²) in [4.78, 5) is 16.4. The predicted molar refractivity (Wildman–Crippen MR) is 111 cm³/mol. The van der Waals surface area contributed by atoms with Gasteiger partial charge in [0.15, 0.2) is 15.0 Å². The maximum atomic E-state index is 12.0. The number of thioether (sulfide) groups is 1. The largest absolute Gasteiger partial charge is 0.335 e. The van der Waals surface area contributed by atoms with Crippen molar-refractivity contribution in [3.63, 3.8) is 0 Å². The Morgan fingerprint density at radius 3 is 2.74 bits per heavy atom. The summed E-state index contributed by atoms with van der Waals surface area (Å²) in [5, 5.41) is 8.38. The van der Waals surface area contributed by atoms with Crippen LogP contribution in [0.1, 0.15) is 31.7 Å². The Bertz CT molecular complexity index is 848. The molecular formula is C18H24N4O3S2. The highest BCUT2D eigenvalue weighted by Crippen LogP contribution is 2.21. The van der Waals surface area contributed by atoms with Gasteiger partial charge in [0.1, 0.15) is 0 Å². The van der Waals surface area contributed by atoms with Gasteiger partial charge in [-0.05, 0) is 43.4 Å². The Morgan fingerprint density at radius 1 is 1.33 bits per heavy atom. The second-order valence-electron chi connectivity index (χ2n) is 6.80. The van der Waals surface area contributed by atoms with E-state index in [0.29, 0.717) is 12.1 Å². The van der Waals surface area contributed by atoms with Crippen LogP contribution < -0.4 is 10.7 Å². The fourth-order valence-corrected chi connectivity index (χ4v) is 5.71. The molecule has 1 atom stereocenters. The van der Waals surface area contributed by atoms with E-state index in [4.69, 9.17) is 0 Å². The molecule has 2 aliphatic heterocycles. The van der Waals surface area contributed by atoms with Crippen molar-refractivity contribution in [3.8, 4) is 0 Å². The Morgan fingerprint density at radius 2 is 2.11 bits per heavy atom. The first-order valence-electron chi connectivity index (χ1n) is 8.99. The molecule has 9 heteroatoms. The number of hydrazone groups is 1. The molecule has 0 unspecified atom stereocenters. The van der Waals surface area contributed by atoms with E-state index < -0.39 is 9.84 Å². The van der Waals surface area contributed by atoms with E-state index in [0.717, 1.165) is 35.1 Å². The highest BCUT2D eigenvalue weighted by molar-refractivity contribution is 8.14. The van der Waals surface area contributed by atoms with Gasteiger partial charge in [-0.3, -0.25) is 9.79 Å². The standard InChI is InChI=1S/C18H24N4O3S2/c1-13(21-22-17(23)11-14-7-10-27(24,25)12-14)15-3-5-16(6-4-15)20-18-19-8-2-9-26-18/h3-6,14H,2,7-12H2,1H3,(H,19,20)(H,22,23)/b21-13-/t14-/m1/s1. The van der Waals surface area contributed by atoms with Crippen LogP contribution in [0, 0.1) is 5.92 Å². The summed E-state index contributed by atoms with van der Waals surface area (Å²) in [6, 6.07) is 7.78. The van der Waals surface area contributed by atoms with Crippen LogP contribution in [0.15, 0.2) is 34.4 Å². The maximum absolute atomic E-state index is 12.0. The third-order valence-corrected chi connectivity index (χ3v) is 7.33. The SMILES string of the molecule is C/C(=N/NC(=O)C[C@H]1CCS(=O)(=O)C1)c1ccc(NC2=NCCCS2)cc1. The number of hydrogen-bond acceptors (Lipinski definition) is 7. The Labute approximate surface area is 164 Å². The monoisotopic (exact) mass is 408 g/mol. The van der Waals surface area contributed by atoms with E-state index >= 15 is 0 Å². The second-order valence-corrected chi connectivity index (χ2v) is 10.1. The minimum atomic E-state index is -2.96. The molecule has 0 spiro atoms. The van der Waals surface area contributed by atoms with E-state index in [1.165, 1.54) is 0 Å². The van der Waals surface area contributed by atoms with Crippen LogP contribution >= 0.6 is 11.8 Å². The number of sulfone groups is 1. The lowest BCUT2D eigenvalue weighted by Gasteiger charge is -2.13. The lowest BCUT2D eigenvalue weighted by Crippen LogP contribution is -2.22. The van der Waals surface area contributed by atoms with E-state index in [9.17, 15) is 13.2 Å². The van der Waals surface area contributed by atoms with Crippen molar-refractivity contribution < 1.29 is 13.2 Å². The first kappa shape index (κ1) is 19.9. The Kier molecular flexibility index (Phi) is 6.54. The van der Waals surface area contributed by atoms with Crippen LogP contribution in [0.2, 0.25) is 0 Å². The molecule has 0 radical (unpaired) electrons. The molecule has 0 aliphatic carbocycles. The topological polar surface area (TPSA) is 100.0 Å². The number of carbonyl (C=O) groups is 1. The number of anilines is 1. The van der Waals surface area contributed by atoms with Gasteiger partial charge in [0, 0.05) is 24.4 Å². The number of amidine groups is 1. The summed E-state index contributed by atoms with van der Waals surface area (Å²) >= 11 is 1.72. The lowest BCUT2D eigenvalue weighted by atomic mass is 10.1. The van der Waals surface area contributed by atoms with Crippen molar-refractivity contribution in [3.05, 3.63) is 29.8 Å². The molecule has 2 N–H and O–H groups in total. The van der Waals surface area contributed by atoms with Crippen molar-refractivity contribution in [1.82, 2.24) is 5.43 Å². The summed E-state index contributed by atoms with van der Waals surface area (Å²) in [6.07, 6.45) is 1.86. The number of amides is 1. The molecular weight excluding hydrogens is 384 g/mol. The average molecular weight is 409 g/mol. The number of nitrogens with one attached hydrogen (secondary N) is 2. The Balaban J connectivity index is 1.51. The predicted octanol–water partition coefficient (Wildman–Crippen LogP) is 2.26. The molecule has 146 valence electrons. The number of carbonyl (C=O) groups excluding carboxylic acids is 1. The van der Waals surface area contributed by atoms with E-state index in [-0.39, 0.29) is 29.8 Å². The fraction of sp³-hybridized carbons (Fsp3) is 0.500. The first-order chi connectivity index (χ1) is 12.9. The van der Waals surface area contributed by atoms with E-state index in [1.807, 2.05) is 31.2 Å². The first-order valence-corrected chi connectivity index (χ1v) is 11.8. The molecule has 1 saturated heterocycles. The maximum Gasteiger partial charge on any atom is 0.240 e. The summed E-state index contributed by atoms with van der Waals surface area (Å²) in [5.41, 5.74) is 5.09. The summed E-state index contributed by atoms with van der Waals surface area (Å²) in [6.45, 7) is 2.69. The fourth-order valence-electron chi connectivity index (χ4n) is 3.01. The number of benzene rings is 1. The zero-order valence-corrected chi connectivity index (χ0v) is 16.9. The molecule has 3 rings (SSSR count). The van der Waals surface area contributed by atoms with Gasteiger partial charge in [-0.25, -0.2) is 13.8 Å². The molecule has 2 aliphatic rings. The third kappa shape index (κ3) is 6.07. The molecule has 7 nitrogen and oxygen atoms in total. The van der Waals surface area contributed by atoms with Gasteiger partial charge in [-0.1, -0.05) is 23.9 Å². The number of rotatable bonds is 5. The zero-order valence-electron chi connectivity index (χ0n) is 15.3. The minimum absolute atomic E-state index is 0.0984. The summed E-state index contributed by atoms with van der Waals surface area (Å²) < 4.78 is 22.9. The molecule has 0 saturated carbocycles. The zero-order chi connectivity index (χ0) is 19.3. The second kappa shape index (κ2) is 8.88. The van der Waals surface area contributed by atoms with Crippen molar-refractivity contribution in [2.45, 2.75) is 26.2 Å². The molecule has 1 amide bonds. The normalized spacial score (nSPS) is 22.2. The summed E-state index contributed by atoms with van der Waals surface area (Å²) in [5.74, 6) is 1.01. The quantitative estimate of drug-likeness (QED) is 0.575. The van der Waals surface area contributed by atoms with Crippen molar-refractivity contribution in [2.24, 2.45) is 16.0 Å². The average Bonchev–Trinajstić information content (AvgIpc) is 2.99. The third-order valence-electron chi connectivity index (χ3n) is 4.50. The van der Waals surface area contributed by atoms with Crippen molar-refractivity contribution in [1.29, 1.82) is 0 Å².